The molecule has 3 nitrogen and oxygen atoms in total. The molecule has 0 aliphatic heterocycles. The van der Waals surface area contributed by atoms with Gasteiger partial charge < -0.3 is 9.47 Å². The van der Waals surface area contributed by atoms with E-state index in [0.717, 1.165) is 6.07 Å². The summed E-state index contributed by atoms with van der Waals surface area (Å²) in [5, 5.41) is 0.248. The van der Waals surface area contributed by atoms with Crippen molar-refractivity contribution in [2.45, 2.75) is 20.0 Å². The van der Waals surface area contributed by atoms with Crippen LogP contribution in [-0.2, 0) is 4.74 Å². The van der Waals surface area contributed by atoms with E-state index < -0.39 is 5.82 Å². The summed E-state index contributed by atoms with van der Waals surface area (Å²) in [5.74, 6) is -0.613. The highest BCUT2D eigenvalue weighted by Gasteiger charge is 2.10. The number of aromatic nitrogens is 1. The Morgan fingerprint density at radius 3 is 2.93 bits per heavy atom. The summed E-state index contributed by atoms with van der Waals surface area (Å²) in [6.45, 7) is 4.67. The van der Waals surface area contributed by atoms with Crippen LogP contribution < -0.4 is 4.74 Å². The molecule has 1 aromatic heterocycles. The zero-order valence-corrected chi connectivity index (χ0v) is 9.42. The number of rotatable bonds is 5. The fraction of sp³-hybridized carbons (Fsp3) is 0.500. The summed E-state index contributed by atoms with van der Waals surface area (Å²) in [4.78, 5) is 3.74. The van der Waals surface area contributed by atoms with E-state index >= 15 is 0 Å². The molecule has 0 bridgehead atoms. The minimum atomic E-state index is -0.564. The third-order valence-corrected chi connectivity index (χ3v) is 1.85. The van der Waals surface area contributed by atoms with Crippen LogP contribution in [0.1, 0.15) is 13.8 Å². The number of ether oxygens (including phenoxy) is 2. The van der Waals surface area contributed by atoms with Crippen LogP contribution in [0.2, 0.25) is 5.02 Å². The summed E-state index contributed by atoms with van der Waals surface area (Å²) in [6.07, 6.45) is 1.10. The van der Waals surface area contributed by atoms with Gasteiger partial charge in [-0.3, -0.25) is 0 Å². The molecule has 0 aliphatic rings. The predicted molar refractivity (Wildman–Crippen MR) is 55.8 cm³/mol. The molecule has 0 fully saturated rings. The zero-order valence-electron chi connectivity index (χ0n) is 8.67. The van der Waals surface area contributed by atoms with Gasteiger partial charge in [0.2, 0.25) is 0 Å². The van der Waals surface area contributed by atoms with E-state index in [2.05, 4.69) is 4.98 Å². The van der Waals surface area contributed by atoms with Gasteiger partial charge in [-0.1, -0.05) is 11.6 Å². The fourth-order valence-corrected chi connectivity index (χ4v) is 1.14. The summed E-state index contributed by atoms with van der Waals surface area (Å²) >= 11 is 5.55. The normalized spacial score (nSPS) is 12.5. The smallest absolute Gasteiger partial charge is 0.250 e. The van der Waals surface area contributed by atoms with Gasteiger partial charge in [0.05, 0.1) is 11.6 Å². The number of pyridine rings is 1. The van der Waals surface area contributed by atoms with Crippen molar-refractivity contribution in [1.82, 2.24) is 4.98 Å². The van der Waals surface area contributed by atoms with E-state index in [9.17, 15) is 4.39 Å². The topological polar surface area (TPSA) is 31.4 Å². The first-order valence-corrected chi connectivity index (χ1v) is 5.06. The average Bonchev–Trinajstić information content (AvgIpc) is 2.19. The SMILES string of the molecule is CCOCC(C)Oc1ncc(Cl)cc1F. The van der Waals surface area contributed by atoms with Crippen LogP contribution in [0.25, 0.3) is 0 Å². The molecule has 1 aromatic rings. The van der Waals surface area contributed by atoms with Gasteiger partial charge in [0.15, 0.2) is 5.82 Å². The first-order valence-electron chi connectivity index (χ1n) is 4.69. The van der Waals surface area contributed by atoms with Crippen molar-refractivity contribution in [2.24, 2.45) is 0 Å². The number of halogens is 2. The van der Waals surface area contributed by atoms with Crippen LogP contribution in [-0.4, -0.2) is 24.3 Å². The molecule has 0 amide bonds. The van der Waals surface area contributed by atoms with Gasteiger partial charge >= 0.3 is 0 Å². The molecule has 0 saturated carbocycles. The second-order valence-corrected chi connectivity index (χ2v) is 3.46. The maximum absolute atomic E-state index is 13.2. The van der Waals surface area contributed by atoms with Crippen molar-refractivity contribution in [1.29, 1.82) is 0 Å². The lowest BCUT2D eigenvalue weighted by atomic mass is 10.4. The Balaban J connectivity index is 2.56. The first-order chi connectivity index (χ1) is 7.13. The lowest BCUT2D eigenvalue weighted by Gasteiger charge is -2.13. The minimum absolute atomic E-state index is 0.0494. The van der Waals surface area contributed by atoms with Gasteiger partial charge in [0, 0.05) is 12.8 Å². The highest BCUT2D eigenvalue weighted by molar-refractivity contribution is 6.30. The molecule has 0 spiro atoms. The van der Waals surface area contributed by atoms with Gasteiger partial charge in [-0.2, -0.15) is 0 Å². The lowest BCUT2D eigenvalue weighted by Crippen LogP contribution is -2.20. The Labute approximate surface area is 93.2 Å². The molecule has 84 valence electrons. The standard InChI is InChI=1S/C10H13ClFNO2/c1-3-14-6-7(2)15-10-9(12)4-8(11)5-13-10/h4-5,7H,3,6H2,1-2H3. The number of hydrogen-bond donors (Lipinski definition) is 0. The summed E-state index contributed by atoms with van der Waals surface area (Å²) < 4.78 is 23.6. The van der Waals surface area contributed by atoms with Crippen molar-refractivity contribution >= 4 is 11.6 Å². The third-order valence-electron chi connectivity index (χ3n) is 1.64. The summed E-state index contributed by atoms with van der Waals surface area (Å²) in [5.41, 5.74) is 0. The average molecular weight is 234 g/mol. The van der Waals surface area contributed by atoms with Crippen LogP contribution in [0.15, 0.2) is 12.3 Å². The van der Waals surface area contributed by atoms with Crippen molar-refractivity contribution in [3.8, 4) is 5.88 Å². The number of nitrogens with zero attached hydrogens (tertiary/aromatic N) is 1. The van der Waals surface area contributed by atoms with Crippen LogP contribution in [0.4, 0.5) is 4.39 Å². The Kier molecular flexibility index (Phi) is 4.78. The van der Waals surface area contributed by atoms with E-state index in [1.807, 2.05) is 6.92 Å². The maximum Gasteiger partial charge on any atom is 0.250 e. The molecule has 0 aromatic carbocycles. The quantitative estimate of drug-likeness (QED) is 0.784. The van der Waals surface area contributed by atoms with Crippen molar-refractivity contribution in [3.63, 3.8) is 0 Å². The lowest BCUT2D eigenvalue weighted by molar-refractivity contribution is 0.0611. The van der Waals surface area contributed by atoms with Gasteiger partial charge in [0.25, 0.3) is 5.88 Å². The highest BCUT2D eigenvalue weighted by atomic mass is 35.5. The third kappa shape index (κ3) is 4.01. The largest absolute Gasteiger partial charge is 0.470 e. The van der Waals surface area contributed by atoms with E-state index in [1.54, 1.807) is 6.92 Å². The molecule has 0 saturated heterocycles. The molecular formula is C10H13ClFNO2. The number of hydrogen-bond acceptors (Lipinski definition) is 3. The van der Waals surface area contributed by atoms with Crippen molar-refractivity contribution in [3.05, 3.63) is 23.1 Å². The molecule has 15 heavy (non-hydrogen) atoms. The molecule has 0 radical (unpaired) electrons. The second-order valence-electron chi connectivity index (χ2n) is 3.03. The van der Waals surface area contributed by atoms with E-state index in [1.165, 1.54) is 6.20 Å². The summed E-state index contributed by atoms with van der Waals surface area (Å²) in [7, 11) is 0. The molecule has 0 aliphatic carbocycles. The Morgan fingerprint density at radius 2 is 2.33 bits per heavy atom. The van der Waals surface area contributed by atoms with E-state index in [0.29, 0.717) is 13.2 Å². The van der Waals surface area contributed by atoms with Gasteiger partial charge in [-0.05, 0) is 19.9 Å². The Hall–Kier alpha value is -0.870. The second kappa shape index (κ2) is 5.88. The van der Waals surface area contributed by atoms with Crippen molar-refractivity contribution < 1.29 is 13.9 Å². The van der Waals surface area contributed by atoms with Crippen LogP contribution >= 0.6 is 11.6 Å². The maximum atomic E-state index is 13.2. The minimum Gasteiger partial charge on any atom is -0.470 e. The van der Waals surface area contributed by atoms with Gasteiger partial charge in [0.1, 0.15) is 6.10 Å². The highest BCUT2D eigenvalue weighted by Crippen LogP contribution is 2.18. The zero-order chi connectivity index (χ0) is 11.3. The Morgan fingerprint density at radius 1 is 1.60 bits per heavy atom. The van der Waals surface area contributed by atoms with Crippen LogP contribution in [0, 0.1) is 5.82 Å². The molecule has 1 rings (SSSR count). The van der Waals surface area contributed by atoms with Crippen LogP contribution in [0.3, 0.4) is 0 Å². The molecule has 1 atom stereocenters. The monoisotopic (exact) mass is 233 g/mol. The first kappa shape index (κ1) is 12.2. The molecule has 1 heterocycles. The molecular weight excluding hydrogens is 221 g/mol. The van der Waals surface area contributed by atoms with Gasteiger partial charge in [-0.25, -0.2) is 9.37 Å². The van der Waals surface area contributed by atoms with E-state index in [4.69, 9.17) is 21.1 Å². The van der Waals surface area contributed by atoms with E-state index in [-0.39, 0.29) is 17.0 Å². The molecule has 1 unspecified atom stereocenters. The molecule has 0 N–H and O–H groups in total. The summed E-state index contributed by atoms with van der Waals surface area (Å²) in [6, 6.07) is 1.16. The predicted octanol–water partition coefficient (Wildman–Crippen LogP) is 2.68. The Bertz CT molecular complexity index is 322. The van der Waals surface area contributed by atoms with Crippen LogP contribution in [0.5, 0.6) is 5.88 Å². The molecule has 5 heteroatoms. The van der Waals surface area contributed by atoms with Gasteiger partial charge in [-0.15, -0.1) is 0 Å². The van der Waals surface area contributed by atoms with Crippen molar-refractivity contribution in [2.75, 3.05) is 13.2 Å². The fourth-order valence-electron chi connectivity index (χ4n) is 0.997.